The molecular formula is C21H26N2O3. The molecule has 0 aliphatic rings. The molecule has 138 valence electrons. The van der Waals surface area contributed by atoms with Gasteiger partial charge in [-0.1, -0.05) is 60.7 Å². The second-order valence-electron chi connectivity index (χ2n) is 7.00. The summed E-state index contributed by atoms with van der Waals surface area (Å²) in [5.41, 5.74) is 4.08. The largest absolute Gasteiger partial charge is 0.443 e. The summed E-state index contributed by atoms with van der Waals surface area (Å²) in [5, 5.41) is 1.42. The molecule has 0 aromatic heterocycles. The summed E-state index contributed by atoms with van der Waals surface area (Å²) in [6, 6.07) is 18.8. The first-order chi connectivity index (χ1) is 12.3. The van der Waals surface area contributed by atoms with Gasteiger partial charge in [-0.2, -0.15) is 0 Å². The zero-order valence-electron chi connectivity index (χ0n) is 15.6. The Morgan fingerprint density at radius 1 is 0.962 bits per heavy atom. The first-order valence-electron chi connectivity index (χ1n) is 8.71. The number of Topliss-reactive ketones (excluding diaryl/α,β-unsaturated/α-hetero) is 1. The lowest BCUT2D eigenvalue weighted by Gasteiger charge is -2.27. The first-order valence-corrected chi connectivity index (χ1v) is 8.71. The van der Waals surface area contributed by atoms with Gasteiger partial charge < -0.3 is 4.74 Å². The fourth-order valence-electron chi connectivity index (χ4n) is 2.34. The number of nitrogens with zero attached hydrogens (tertiary/aromatic N) is 1. The van der Waals surface area contributed by atoms with Gasteiger partial charge >= 0.3 is 6.09 Å². The normalized spacial score (nSPS) is 11.0. The van der Waals surface area contributed by atoms with E-state index in [9.17, 15) is 9.59 Å². The van der Waals surface area contributed by atoms with E-state index in [2.05, 4.69) is 5.43 Å². The van der Waals surface area contributed by atoms with Crippen molar-refractivity contribution in [1.29, 1.82) is 0 Å². The van der Waals surface area contributed by atoms with E-state index in [4.69, 9.17) is 4.74 Å². The molecule has 5 nitrogen and oxygen atoms in total. The summed E-state index contributed by atoms with van der Waals surface area (Å²) in [5.74, 6) is 0.0296. The minimum absolute atomic E-state index is 0.0296. The van der Waals surface area contributed by atoms with Crippen LogP contribution in [-0.2, 0) is 11.3 Å². The van der Waals surface area contributed by atoms with E-state index in [1.54, 1.807) is 12.1 Å². The van der Waals surface area contributed by atoms with Crippen molar-refractivity contribution >= 4 is 11.9 Å². The molecule has 0 aliphatic carbocycles. The van der Waals surface area contributed by atoms with Gasteiger partial charge in [0.25, 0.3) is 0 Å². The molecule has 0 heterocycles. The van der Waals surface area contributed by atoms with Crippen LogP contribution in [0, 0.1) is 0 Å². The number of rotatable bonds is 7. The number of hydrogen-bond donors (Lipinski definition) is 1. The molecule has 0 fully saturated rings. The minimum atomic E-state index is -0.590. The van der Waals surface area contributed by atoms with Crippen molar-refractivity contribution in [2.75, 3.05) is 6.54 Å². The van der Waals surface area contributed by atoms with Gasteiger partial charge in [0.15, 0.2) is 5.78 Å². The van der Waals surface area contributed by atoms with E-state index in [-0.39, 0.29) is 12.2 Å². The predicted molar refractivity (Wildman–Crippen MR) is 102 cm³/mol. The van der Waals surface area contributed by atoms with Crippen LogP contribution in [0.15, 0.2) is 60.7 Å². The average molecular weight is 354 g/mol. The van der Waals surface area contributed by atoms with E-state index in [0.717, 1.165) is 5.56 Å². The summed E-state index contributed by atoms with van der Waals surface area (Å²) in [6.07, 6.45) is -0.175. The third kappa shape index (κ3) is 6.69. The molecule has 2 aromatic rings. The number of hydrazine groups is 1. The molecule has 0 unspecified atom stereocenters. The van der Waals surface area contributed by atoms with Gasteiger partial charge in [-0.25, -0.2) is 15.2 Å². The van der Waals surface area contributed by atoms with Gasteiger partial charge in [-0.05, 0) is 26.3 Å². The Balaban J connectivity index is 1.97. The van der Waals surface area contributed by atoms with Gasteiger partial charge in [0.1, 0.15) is 5.60 Å². The number of nitrogens with one attached hydrogen (secondary N) is 1. The zero-order valence-corrected chi connectivity index (χ0v) is 15.6. The van der Waals surface area contributed by atoms with Crippen LogP contribution in [0.3, 0.4) is 0 Å². The molecule has 0 atom stereocenters. The summed E-state index contributed by atoms with van der Waals surface area (Å²) in [6.45, 7) is 6.18. The number of hydrogen-bond acceptors (Lipinski definition) is 4. The maximum absolute atomic E-state index is 12.5. The van der Waals surface area contributed by atoms with Crippen LogP contribution in [0.5, 0.6) is 0 Å². The van der Waals surface area contributed by atoms with Crippen LogP contribution in [0.25, 0.3) is 0 Å². The molecule has 0 saturated heterocycles. The molecule has 5 heteroatoms. The van der Waals surface area contributed by atoms with Crippen LogP contribution in [-0.4, -0.2) is 29.0 Å². The fourth-order valence-corrected chi connectivity index (χ4v) is 2.34. The maximum atomic E-state index is 12.5. The fraction of sp³-hybridized carbons (Fsp3) is 0.333. The van der Waals surface area contributed by atoms with Crippen LogP contribution >= 0.6 is 0 Å². The Hall–Kier alpha value is -2.66. The Kier molecular flexibility index (Phi) is 6.92. The molecule has 2 aromatic carbocycles. The lowest BCUT2D eigenvalue weighted by Crippen LogP contribution is -2.45. The second kappa shape index (κ2) is 9.15. The number of benzene rings is 2. The third-order valence-electron chi connectivity index (χ3n) is 3.55. The molecule has 0 aliphatic heterocycles. The van der Waals surface area contributed by atoms with Gasteiger partial charge in [-0.3, -0.25) is 4.79 Å². The highest BCUT2D eigenvalue weighted by atomic mass is 16.6. The maximum Gasteiger partial charge on any atom is 0.425 e. The van der Waals surface area contributed by atoms with Gasteiger partial charge in [-0.15, -0.1) is 0 Å². The van der Waals surface area contributed by atoms with Crippen LogP contribution in [0.4, 0.5) is 4.79 Å². The number of ether oxygens (including phenoxy) is 1. The highest BCUT2D eigenvalue weighted by Gasteiger charge is 2.22. The second-order valence-corrected chi connectivity index (χ2v) is 7.00. The average Bonchev–Trinajstić information content (AvgIpc) is 2.61. The lowest BCUT2D eigenvalue weighted by atomic mass is 10.1. The highest BCUT2D eigenvalue weighted by Crippen LogP contribution is 2.11. The van der Waals surface area contributed by atoms with E-state index < -0.39 is 11.7 Å². The quantitative estimate of drug-likeness (QED) is 0.598. The van der Waals surface area contributed by atoms with Crippen molar-refractivity contribution in [3.63, 3.8) is 0 Å². The van der Waals surface area contributed by atoms with Crippen molar-refractivity contribution in [2.24, 2.45) is 0 Å². The SMILES string of the molecule is CC(C)(C)OC(=O)N(Cc1ccccc1)NCCC(=O)c1ccccc1. The summed E-state index contributed by atoms with van der Waals surface area (Å²) >= 11 is 0. The van der Waals surface area contributed by atoms with E-state index in [1.807, 2.05) is 69.3 Å². The number of ketones is 1. The topological polar surface area (TPSA) is 58.6 Å². The molecule has 2 rings (SSSR count). The Morgan fingerprint density at radius 3 is 2.12 bits per heavy atom. The van der Waals surface area contributed by atoms with E-state index in [1.165, 1.54) is 5.01 Å². The van der Waals surface area contributed by atoms with Crippen molar-refractivity contribution in [2.45, 2.75) is 39.3 Å². The van der Waals surface area contributed by atoms with Crippen molar-refractivity contribution in [3.05, 3.63) is 71.8 Å². The number of amides is 1. The highest BCUT2D eigenvalue weighted by molar-refractivity contribution is 5.96. The first kappa shape index (κ1) is 19.7. The smallest absolute Gasteiger partial charge is 0.425 e. The number of carbonyl (C=O) groups excluding carboxylic acids is 2. The summed E-state index contributed by atoms with van der Waals surface area (Å²) < 4.78 is 5.45. The molecule has 1 amide bonds. The molecular weight excluding hydrogens is 328 g/mol. The molecule has 0 spiro atoms. The van der Waals surface area contributed by atoms with Crippen LogP contribution in [0.1, 0.15) is 43.1 Å². The van der Waals surface area contributed by atoms with Crippen molar-refractivity contribution < 1.29 is 14.3 Å². The van der Waals surface area contributed by atoms with Gasteiger partial charge in [0, 0.05) is 18.5 Å². The predicted octanol–water partition coefficient (Wildman–Crippen LogP) is 4.20. The van der Waals surface area contributed by atoms with Crippen molar-refractivity contribution in [3.8, 4) is 0 Å². The van der Waals surface area contributed by atoms with Gasteiger partial charge in [0.2, 0.25) is 0 Å². The summed E-state index contributed by atoms with van der Waals surface area (Å²) in [7, 11) is 0. The lowest BCUT2D eigenvalue weighted by molar-refractivity contribution is 0.0113. The Labute approximate surface area is 154 Å². The Bertz CT molecular complexity index is 709. The summed E-state index contributed by atoms with van der Waals surface area (Å²) in [4.78, 5) is 24.7. The number of carbonyl (C=O) groups is 2. The molecule has 0 saturated carbocycles. The van der Waals surface area contributed by atoms with E-state index >= 15 is 0 Å². The molecule has 1 N–H and O–H groups in total. The van der Waals surface area contributed by atoms with Crippen molar-refractivity contribution in [1.82, 2.24) is 10.4 Å². The van der Waals surface area contributed by atoms with Gasteiger partial charge in [0.05, 0.1) is 6.54 Å². The van der Waals surface area contributed by atoms with E-state index in [0.29, 0.717) is 18.7 Å². The Morgan fingerprint density at radius 2 is 1.54 bits per heavy atom. The van der Waals surface area contributed by atoms with Crippen LogP contribution in [0.2, 0.25) is 0 Å². The standard InChI is InChI=1S/C21H26N2O3/c1-21(2,3)26-20(25)23(16-17-10-6-4-7-11-17)22-15-14-19(24)18-12-8-5-9-13-18/h4-13,22H,14-16H2,1-3H3. The third-order valence-corrected chi connectivity index (χ3v) is 3.55. The molecule has 0 radical (unpaired) electrons. The molecule has 26 heavy (non-hydrogen) atoms. The monoisotopic (exact) mass is 354 g/mol. The minimum Gasteiger partial charge on any atom is -0.443 e. The zero-order chi connectivity index (χ0) is 19.0. The van der Waals surface area contributed by atoms with Crippen LogP contribution < -0.4 is 5.43 Å². The molecule has 0 bridgehead atoms.